The number of carbonyl (C=O) groups excluding carboxylic acids is 1. The van der Waals surface area contributed by atoms with E-state index in [9.17, 15) is 9.90 Å². The molecule has 1 saturated carbocycles. The normalized spacial score (nSPS) is 32.6. The number of carbonyl (C=O) groups is 1. The molecule has 0 radical (unpaired) electrons. The van der Waals surface area contributed by atoms with E-state index < -0.39 is 23.6 Å². The SMILES string of the molecule is COC1(OC)C(NC(=O)/C=C/C=C/C2CCCCC2)=C[C@](O)(/C=C/Br)[C@H]2O[C@H]21. The van der Waals surface area contributed by atoms with Gasteiger partial charge in [0.15, 0.2) is 0 Å². The molecule has 1 saturated heterocycles. The van der Waals surface area contributed by atoms with E-state index in [0.717, 1.165) is 0 Å². The number of methoxy groups -OCH3 is 2. The van der Waals surface area contributed by atoms with Crippen molar-refractivity contribution in [3.8, 4) is 0 Å². The maximum atomic E-state index is 12.4. The predicted molar refractivity (Wildman–Crippen MR) is 110 cm³/mol. The van der Waals surface area contributed by atoms with Crippen molar-refractivity contribution in [1.29, 1.82) is 0 Å². The Morgan fingerprint density at radius 3 is 2.61 bits per heavy atom. The van der Waals surface area contributed by atoms with Gasteiger partial charge in [0.05, 0.1) is 5.70 Å². The van der Waals surface area contributed by atoms with Crippen LogP contribution in [0.15, 0.2) is 47.1 Å². The Kier molecular flexibility index (Phi) is 6.94. The van der Waals surface area contributed by atoms with E-state index in [4.69, 9.17) is 14.2 Å². The first-order chi connectivity index (χ1) is 13.5. The second kappa shape index (κ2) is 9.05. The fraction of sp³-hybridized carbons (Fsp3) is 0.571. The number of nitrogens with one attached hydrogen (secondary N) is 1. The molecule has 0 aromatic heterocycles. The van der Waals surface area contributed by atoms with Crippen molar-refractivity contribution in [2.75, 3.05) is 14.2 Å². The molecule has 6 nitrogen and oxygen atoms in total. The molecular weight excluding hydrogens is 426 g/mol. The number of fused-ring (bicyclic) bond motifs is 1. The molecule has 1 heterocycles. The monoisotopic (exact) mass is 453 g/mol. The van der Waals surface area contributed by atoms with Crippen LogP contribution in [0.1, 0.15) is 32.1 Å². The van der Waals surface area contributed by atoms with Crippen molar-refractivity contribution >= 4 is 21.8 Å². The maximum Gasteiger partial charge on any atom is 0.248 e. The zero-order valence-electron chi connectivity index (χ0n) is 16.3. The number of amides is 1. The standard InChI is InChI=1S/C21H28BrNO5/c1-26-21(27-2)16(14-20(25,12-13-22)18-19(21)28-18)23-17(24)11-7-6-10-15-8-4-3-5-9-15/h6-7,10-15,18-19,25H,3-5,8-9H2,1-2H3,(H,23,24)/b10-6+,11-7+,13-12+/t18-,19+,20+/m0/s1. The Labute approximate surface area is 174 Å². The summed E-state index contributed by atoms with van der Waals surface area (Å²) >= 11 is 3.18. The molecule has 2 fully saturated rings. The molecule has 3 rings (SSSR count). The first kappa shape index (κ1) is 21.5. The van der Waals surface area contributed by atoms with E-state index in [1.54, 1.807) is 17.1 Å². The Morgan fingerprint density at radius 1 is 1.25 bits per heavy atom. The highest BCUT2D eigenvalue weighted by atomic mass is 79.9. The summed E-state index contributed by atoms with van der Waals surface area (Å²) in [6.45, 7) is 0. The lowest BCUT2D eigenvalue weighted by molar-refractivity contribution is -0.197. The summed E-state index contributed by atoms with van der Waals surface area (Å²) in [6, 6.07) is 0. The number of aliphatic hydroxyl groups is 1. The smallest absolute Gasteiger partial charge is 0.248 e. The number of halogens is 1. The van der Waals surface area contributed by atoms with Crippen LogP contribution in [0.5, 0.6) is 0 Å². The highest BCUT2D eigenvalue weighted by Crippen LogP contribution is 2.50. The van der Waals surface area contributed by atoms with Crippen LogP contribution in [0.25, 0.3) is 0 Å². The molecule has 1 aliphatic heterocycles. The van der Waals surface area contributed by atoms with Crippen molar-refractivity contribution in [3.05, 3.63) is 47.1 Å². The van der Waals surface area contributed by atoms with Crippen LogP contribution in [0.4, 0.5) is 0 Å². The summed E-state index contributed by atoms with van der Waals surface area (Å²) in [4.78, 5) is 14.0. The van der Waals surface area contributed by atoms with Crippen molar-refractivity contribution < 1.29 is 24.1 Å². The Morgan fingerprint density at radius 2 is 1.96 bits per heavy atom. The minimum Gasteiger partial charge on any atom is -0.379 e. The number of allylic oxidation sites excluding steroid dienone is 3. The average molecular weight is 454 g/mol. The Balaban J connectivity index is 1.70. The Bertz CT molecular complexity index is 691. The highest BCUT2D eigenvalue weighted by molar-refractivity contribution is 9.11. The molecule has 0 bridgehead atoms. The summed E-state index contributed by atoms with van der Waals surface area (Å²) in [5.41, 5.74) is -1.04. The van der Waals surface area contributed by atoms with E-state index >= 15 is 0 Å². The first-order valence-corrected chi connectivity index (χ1v) is 10.6. The van der Waals surface area contributed by atoms with Gasteiger partial charge in [-0.2, -0.15) is 0 Å². The van der Waals surface area contributed by atoms with E-state index in [2.05, 4.69) is 27.3 Å². The van der Waals surface area contributed by atoms with Crippen LogP contribution in [0, 0.1) is 5.92 Å². The number of epoxide rings is 1. The van der Waals surface area contributed by atoms with Gasteiger partial charge < -0.3 is 24.6 Å². The third-order valence-corrected chi connectivity index (χ3v) is 5.92. The number of hydrogen-bond donors (Lipinski definition) is 2. The predicted octanol–water partition coefficient (Wildman–Crippen LogP) is 3.09. The van der Waals surface area contributed by atoms with E-state index in [1.807, 2.05) is 6.08 Å². The van der Waals surface area contributed by atoms with Crippen molar-refractivity contribution in [1.82, 2.24) is 5.32 Å². The molecule has 3 atom stereocenters. The van der Waals surface area contributed by atoms with Gasteiger partial charge in [0.2, 0.25) is 11.7 Å². The second-order valence-electron chi connectivity index (χ2n) is 7.42. The molecule has 0 unspecified atom stereocenters. The maximum absolute atomic E-state index is 12.4. The average Bonchev–Trinajstić information content (AvgIpc) is 3.50. The largest absolute Gasteiger partial charge is 0.379 e. The molecule has 1 amide bonds. The van der Waals surface area contributed by atoms with Gasteiger partial charge in [-0.15, -0.1) is 0 Å². The third kappa shape index (κ3) is 4.33. The quantitative estimate of drug-likeness (QED) is 0.268. The summed E-state index contributed by atoms with van der Waals surface area (Å²) in [6.07, 6.45) is 15.6. The van der Waals surface area contributed by atoms with Crippen LogP contribution in [-0.2, 0) is 19.0 Å². The first-order valence-electron chi connectivity index (χ1n) is 9.64. The van der Waals surface area contributed by atoms with Crippen molar-refractivity contribution in [3.63, 3.8) is 0 Å². The second-order valence-corrected chi connectivity index (χ2v) is 7.95. The molecule has 154 valence electrons. The van der Waals surface area contributed by atoms with Gasteiger partial charge in [-0.05, 0) is 35.9 Å². The van der Waals surface area contributed by atoms with E-state index in [-0.39, 0.29) is 5.91 Å². The molecule has 2 N–H and O–H groups in total. The number of rotatable bonds is 7. The van der Waals surface area contributed by atoms with Crippen molar-refractivity contribution in [2.24, 2.45) is 5.92 Å². The van der Waals surface area contributed by atoms with Crippen LogP contribution in [-0.4, -0.2) is 48.8 Å². The van der Waals surface area contributed by atoms with Crippen molar-refractivity contribution in [2.45, 2.75) is 55.7 Å². The molecule has 7 heteroatoms. The fourth-order valence-electron chi connectivity index (χ4n) is 4.09. The molecule has 3 aliphatic rings. The number of hydrogen-bond acceptors (Lipinski definition) is 5. The summed E-state index contributed by atoms with van der Waals surface area (Å²) < 4.78 is 16.7. The number of ether oxygens (including phenoxy) is 3. The lowest BCUT2D eigenvalue weighted by Gasteiger charge is -2.37. The Hall–Kier alpha value is -1.25. The fourth-order valence-corrected chi connectivity index (χ4v) is 4.51. The van der Waals surface area contributed by atoms with Crippen LogP contribution >= 0.6 is 15.9 Å². The van der Waals surface area contributed by atoms with E-state index in [0.29, 0.717) is 11.6 Å². The van der Waals surface area contributed by atoms with Crippen LogP contribution < -0.4 is 5.32 Å². The summed E-state index contributed by atoms with van der Waals surface area (Å²) in [7, 11) is 2.96. The highest BCUT2D eigenvalue weighted by Gasteiger charge is 2.68. The van der Waals surface area contributed by atoms with Gasteiger partial charge in [0.1, 0.15) is 17.8 Å². The lowest BCUT2D eigenvalue weighted by Crippen LogP contribution is -2.54. The van der Waals surface area contributed by atoms with Gasteiger partial charge in [-0.1, -0.05) is 53.4 Å². The third-order valence-electron chi connectivity index (χ3n) is 5.66. The molecule has 0 aromatic carbocycles. The minimum atomic E-state index is -1.36. The topological polar surface area (TPSA) is 80.3 Å². The van der Waals surface area contributed by atoms with Crippen LogP contribution in [0.2, 0.25) is 0 Å². The van der Waals surface area contributed by atoms with Gasteiger partial charge in [0, 0.05) is 20.3 Å². The van der Waals surface area contributed by atoms with Gasteiger partial charge in [-0.3, -0.25) is 4.79 Å². The van der Waals surface area contributed by atoms with Gasteiger partial charge in [0.25, 0.3) is 0 Å². The molecule has 2 aliphatic carbocycles. The summed E-state index contributed by atoms with van der Waals surface area (Å²) in [5, 5.41) is 13.6. The van der Waals surface area contributed by atoms with Crippen LogP contribution in [0.3, 0.4) is 0 Å². The summed E-state index contributed by atoms with van der Waals surface area (Å²) in [5.74, 6) is -0.993. The zero-order chi connectivity index (χ0) is 20.2. The van der Waals surface area contributed by atoms with E-state index in [1.165, 1.54) is 58.5 Å². The molecular formula is C21H28BrNO5. The van der Waals surface area contributed by atoms with Gasteiger partial charge >= 0.3 is 0 Å². The zero-order valence-corrected chi connectivity index (χ0v) is 17.9. The van der Waals surface area contributed by atoms with Gasteiger partial charge in [-0.25, -0.2) is 0 Å². The minimum absolute atomic E-state index is 0.315. The molecule has 0 spiro atoms. The molecule has 28 heavy (non-hydrogen) atoms. The molecule has 0 aromatic rings. The lowest BCUT2D eigenvalue weighted by atomic mass is 9.85.